The summed E-state index contributed by atoms with van der Waals surface area (Å²) in [5.41, 5.74) is -0.256. The number of ether oxygens (including phenoxy) is 1. The normalized spacial score (nSPS) is 11.4. The summed E-state index contributed by atoms with van der Waals surface area (Å²) in [6, 6.07) is 5.82. The maximum absolute atomic E-state index is 11.6. The highest BCUT2D eigenvalue weighted by molar-refractivity contribution is 9.10. The minimum atomic E-state index is -1.30. The molecule has 18 heavy (non-hydrogen) atoms. The molecule has 0 spiro atoms. The molecule has 0 aliphatic carbocycles. The molecule has 0 aliphatic rings. The number of esters is 1. The van der Waals surface area contributed by atoms with Crippen LogP contribution in [0.1, 0.15) is 18.4 Å². The molecule has 0 amide bonds. The van der Waals surface area contributed by atoms with E-state index < -0.39 is 16.8 Å². The van der Waals surface area contributed by atoms with Gasteiger partial charge < -0.3 is 4.74 Å². The molecule has 7 heteroatoms. The molecule has 0 radical (unpaired) electrons. The average Bonchev–Trinajstić information content (AvgIpc) is 2.30. The number of hydrogen-bond acceptors (Lipinski definition) is 5. The van der Waals surface area contributed by atoms with Gasteiger partial charge in [-0.1, -0.05) is 15.9 Å². The Morgan fingerprint density at radius 1 is 1.67 bits per heavy atom. The molecule has 0 aromatic heterocycles. The third kappa shape index (κ3) is 3.05. The van der Waals surface area contributed by atoms with Crippen molar-refractivity contribution in [3.05, 3.63) is 38.3 Å². The topological polar surface area (TPSA) is 93.2 Å². The number of nitrogens with zero attached hydrogens (tertiary/aromatic N) is 2. The molecule has 1 aromatic carbocycles. The van der Waals surface area contributed by atoms with Gasteiger partial charge in [-0.2, -0.15) is 5.26 Å². The summed E-state index contributed by atoms with van der Waals surface area (Å²) in [7, 11) is 0. The van der Waals surface area contributed by atoms with Crippen molar-refractivity contribution in [2.45, 2.75) is 12.8 Å². The number of nitriles is 1. The molecule has 0 saturated carbocycles. The quantitative estimate of drug-likeness (QED) is 0.484. The van der Waals surface area contributed by atoms with Crippen molar-refractivity contribution in [1.82, 2.24) is 0 Å². The van der Waals surface area contributed by atoms with Gasteiger partial charge in [0.25, 0.3) is 5.69 Å². The van der Waals surface area contributed by atoms with Gasteiger partial charge in [-0.3, -0.25) is 14.9 Å². The fourth-order valence-electron chi connectivity index (χ4n) is 1.40. The highest BCUT2D eigenvalue weighted by Gasteiger charge is 2.29. The van der Waals surface area contributed by atoms with Crippen LogP contribution in [0, 0.1) is 21.4 Å². The number of nitro benzene ring substituents is 1. The molecule has 0 fully saturated rings. The standard InChI is InChI=1S/C11H9BrN2O4/c1-2-18-11(15)9(6-13)8-5-7(12)3-4-10(8)14(16)17/h3-5,9H,2H2,1H3. The summed E-state index contributed by atoms with van der Waals surface area (Å²) in [4.78, 5) is 21.8. The lowest BCUT2D eigenvalue weighted by Crippen LogP contribution is -2.15. The number of halogens is 1. The van der Waals surface area contributed by atoms with E-state index in [1.807, 2.05) is 0 Å². The van der Waals surface area contributed by atoms with Crippen LogP contribution in [0.25, 0.3) is 0 Å². The van der Waals surface area contributed by atoms with Crippen LogP contribution < -0.4 is 0 Å². The molecule has 6 nitrogen and oxygen atoms in total. The summed E-state index contributed by atoms with van der Waals surface area (Å²) in [5.74, 6) is -2.09. The fraction of sp³-hybridized carbons (Fsp3) is 0.273. The second-order valence-corrected chi connectivity index (χ2v) is 4.19. The van der Waals surface area contributed by atoms with Crippen LogP contribution in [0.3, 0.4) is 0 Å². The maximum atomic E-state index is 11.6. The second-order valence-electron chi connectivity index (χ2n) is 3.27. The molecule has 0 aliphatic heterocycles. The van der Waals surface area contributed by atoms with Crippen molar-refractivity contribution >= 4 is 27.6 Å². The van der Waals surface area contributed by atoms with Gasteiger partial charge >= 0.3 is 5.97 Å². The minimum Gasteiger partial charge on any atom is -0.465 e. The van der Waals surface area contributed by atoms with Crippen LogP contribution in [-0.2, 0) is 9.53 Å². The summed E-state index contributed by atoms with van der Waals surface area (Å²) in [6.07, 6.45) is 0. The monoisotopic (exact) mass is 312 g/mol. The number of carbonyl (C=O) groups is 1. The molecule has 0 N–H and O–H groups in total. The number of rotatable bonds is 4. The first-order chi connectivity index (χ1) is 8.51. The SMILES string of the molecule is CCOC(=O)C(C#N)c1cc(Br)ccc1[N+](=O)[O-]. The lowest BCUT2D eigenvalue weighted by atomic mass is 9.99. The van der Waals surface area contributed by atoms with E-state index in [1.165, 1.54) is 18.2 Å². The molecule has 94 valence electrons. The van der Waals surface area contributed by atoms with Gasteiger partial charge in [-0.15, -0.1) is 0 Å². The van der Waals surface area contributed by atoms with Gasteiger partial charge in [0.05, 0.1) is 23.2 Å². The Bertz CT molecular complexity index is 524. The van der Waals surface area contributed by atoms with Crippen molar-refractivity contribution in [2.24, 2.45) is 0 Å². The van der Waals surface area contributed by atoms with Crippen LogP contribution >= 0.6 is 15.9 Å². The number of carbonyl (C=O) groups excluding carboxylic acids is 1. The van der Waals surface area contributed by atoms with Crippen molar-refractivity contribution in [3.8, 4) is 6.07 Å². The molecule has 0 heterocycles. The first-order valence-corrected chi connectivity index (χ1v) is 5.80. The van der Waals surface area contributed by atoms with Crippen molar-refractivity contribution in [2.75, 3.05) is 6.61 Å². The Morgan fingerprint density at radius 3 is 2.83 bits per heavy atom. The zero-order chi connectivity index (χ0) is 13.7. The molecular formula is C11H9BrN2O4. The molecule has 1 unspecified atom stereocenters. The predicted octanol–water partition coefficient (Wildman–Crippen LogP) is 2.53. The van der Waals surface area contributed by atoms with Gasteiger partial charge in [0, 0.05) is 10.5 Å². The third-order valence-electron chi connectivity index (χ3n) is 2.15. The number of hydrogen-bond donors (Lipinski definition) is 0. The van der Waals surface area contributed by atoms with E-state index in [0.29, 0.717) is 4.47 Å². The first kappa shape index (κ1) is 14.1. The average molecular weight is 313 g/mol. The van der Waals surface area contributed by atoms with E-state index in [1.54, 1.807) is 13.0 Å². The third-order valence-corrected chi connectivity index (χ3v) is 2.64. The summed E-state index contributed by atoms with van der Waals surface area (Å²) in [5, 5.41) is 19.8. The molecule has 0 bridgehead atoms. The second kappa shape index (κ2) is 6.12. The van der Waals surface area contributed by atoms with E-state index in [0.717, 1.165) is 0 Å². The fourth-order valence-corrected chi connectivity index (χ4v) is 1.78. The summed E-state index contributed by atoms with van der Waals surface area (Å²) in [6.45, 7) is 1.71. The van der Waals surface area contributed by atoms with Gasteiger partial charge in [0.2, 0.25) is 0 Å². The summed E-state index contributed by atoms with van der Waals surface area (Å²) >= 11 is 3.15. The van der Waals surface area contributed by atoms with Crippen LogP contribution in [0.5, 0.6) is 0 Å². The Balaban J connectivity index is 3.28. The van der Waals surface area contributed by atoms with Crippen LogP contribution in [0.4, 0.5) is 5.69 Å². The van der Waals surface area contributed by atoms with Crippen molar-refractivity contribution in [1.29, 1.82) is 5.26 Å². The van der Waals surface area contributed by atoms with Gasteiger partial charge in [-0.25, -0.2) is 0 Å². The Labute approximate surface area is 111 Å². The smallest absolute Gasteiger partial charge is 0.328 e. The number of nitro groups is 1. The van der Waals surface area contributed by atoms with Gasteiger partial charge in [0.1, 0.15) is 0 Å². The predicted molar refractivity (Wildman–Crippen MR) is 65.8 cm³/mol. The van der Waals surface area contributed by atoms with E-state index in [4.69, 9.17) is 10.00 Å². The van der Waals surface area contributed by atoms with Crippen molar-refractivity contribution in [3.63, 3.8) is 0 Å². The number of benzene rings is 1. The molecule has 0 saturated heterocycles. The summed E-state index contributed by atoms with van der Waals surface area (Å²) < 4.78 is 5.27. The highest BCUT2D eigenvalue weighted by atomic mass is 79.9. The molecule has 1 aromatic rings. The Hall–Kier alpha value is -1.94. The molecular weight excluding hydrogens is 304 g/mol. The van der Waals surface area contributed by atoms with Crippen molar-refractivity contribution < 1.29 is 14.5 Å². The highest BCUT2D eigenvalue weighted by Crippen LogP contribution is 2.30. The van der Waals surface area contributed by atoms with E-state index in [2.05, 4.69) is 15.9 Å². The molecule has 1 atom stereocenters. The van der Waals surface area contributed by atoms with E-state index in [9.17, 15) is 14.9 Å². The zero-order valence-corrected chi connectivity index (χ0v) is 11.0. The zero-order valence-electron chi connectivity index (χ0n) is 9.42. The molecule has 1 rings (SSSR count). The van der Waals surface area contributed by atoms with E-state index in [-0.39, 0.29) is 17.9 Å². The largest absolute Gasteiger partial charge is 0.465 e. The lowest BCUT2D eigenvalue weighted by molar-refractivity contribution is -0.385. The van der Waals surface area contributed by atoms with E-state index >= 15 is 0 Å². The van der Waals surface area contributed by atoms with Gasteiger partial charge in [-0.05, 0) is 19.1 Å². The van der Waals surface area contributed by atoms with Crippen LogP contribution in [0.15, 0.2) is 22.7 Å². The first-order valence-electron chi connectivity index (χ1n) is 5.01. The lowest BCUT2D eigenvalue weighted by Gasteiger charge is -2.09. The van der Waals surface area contributed by atoms with Crippen LogP contribution in [0.2, 0.25) is 0 Å². The maximum Gasteiger partial charge on any atom is 0.328 e. The Morgan fingerprint density at radius 2 is 2.33 bits per heavy atom. The Kier molecular flexibility index (Phi) is 4.80. The van der Waals surface area contributed by atoms with Gasteiger partial charge in [0.15, 0.2) is 5.92 Å². The van der Waals surface area contributed by atoms with Crippen LogP contribution in [-0.4, -0.2) is 17.5 Å². The minimum absolute atomic E-state index is 0.0234.